The predicted molar refractivity (Wildman–Crippen MR) is 87.2 cm³/mol. The summed E-state index contributed by atoms with van der Waals surface area (Å²) in [7, 11) is 1.99. The largest absolute Gasteiger partial charge is 0.439 e. The molecule has 23 heavy (non-hydrogen) atoms. The number of nitrogens with one attached hydrogen (secondary N) is 1. The highest BCUT2D eigenvalue weighted by molar-refractivity contribution is 5.75. The van der Waals surface area contributed by atoms with E-state index in [0.29, 0.717) is 23.5 Å². The van der Waals surface area contributed by atoms with E-state index in [1.165, 1.54) is 31.4 Å². The van der Waals surface area contributed by atoms with Crippen LogP contribution in [0.15, 0.2) is 22.6 Å². The van der Waals surface area contributed by atoms with Gasteiger partial charge in [-0.25, -0.2) is 4.98 Å². The second-order valence-corrected chi connectivity index (χ2v) is 6.13. The lowest BCUT2D eigenvalue weighted by molar-refractivity contribution is -0.384. The number of nitro benzene ring substituents is 1. The fourth-order valence-electron chi connectivity index (χ4n) is 3.12. The Hall–Kier alpha value is -1.99. The maximum Gasteiger partial charge on any atom is 0.271 e. The molecule has 1 aliphatic heterocycles. The van der Waals surface area contributed by atoms with Gasteiger partial charge in [0, 0.05) is 12.1 Å². The third-order valence-electron chi connectivity index (χ3n) is 4.49. The Morgan fingerprint density at radius 1 is 1.43 bits per heavy atom. The number of nitro groups is 1. The van der Waals surface area contributed by atoms with Crippen molar-refractivity contribution in [3.8, 4) is 0 Å². The van der Waals surface area contributed by atoms with Crippen LogP contribution in [0.4, 0.5) is 5.69 Å². The van der Waals surface area contributed by atoms with Crippen molar-refractivity contribution in [3.63, 3.8) is 0 Å². The molecule has 0 aliphatic carbocycles. The van der Waals surface area contributed by atoms with E-state index >= 15 is 0 Å². The molecule has 0 spiro atoms. The summed E-state index contributed by atoms with van der Waals surface area (Å²) in [6.07, 6.45) is 3.64. The van der Waals surface area contributed by atoms with E-state index in [1.54, 1.807) is 6.07 Å². The van der Waals surface area contributed by atoms with Crippen molar-refractivity contribution in [3.05, 3.63) is 34.2 Å². The van der Waals surface area contributed by atoms with Gasteiger partial charge in [0.2, 0.25) is 5.89 Å². The Morgan fingerprint density at radius 3 is 2.91 bits per heavy atom. The fourth-order valence-corrected chi connectivity index (χ4v) is 3.12. The molecular weight excluding hydrogens is 296 g/mol. The summed E-state index contributed by atoms with van der Waals surface area (Å²) in [5, 5.41) is 14.0. The number of hydrogen-bond donors (Lipinski definition) is 1. The van der Waals surface area contributed by atoms with E-state index in [9.17, 15) is 10.1 Å². The number of likely N-dealkylation sites (tertiary alicyclic amines) is 1. The first kappa shape index (κ1) is 15.9. The van der Waals surface area contributed by atoms with Crippen LogP contribution < -0.4 is 5.32 Å². The van der Waals surface area contributed by atoms with Crippen LogP contribution in [0.5, 0.6) is 0 Å². The number of piperidine rings is 1. The van der Waals surface area contributed by atoms with Crippen LogP contribution in [0.1, 0.15) is 25.2 Å². The Labute approximate surface area is 134 Å². The summed E-state index contributed by atoms with van der Waals surface area (Å²) in [4.78, 5) is 17.1. The monoisotopic (exact) mass is 318 g/mol. The van der Waals surface area contributed by atoms with E-state index in [1.807, 2.05) is 7.05 Å². The van der Waals surface area contributed by atoms with Crippen molar-refractivity contribution in [1.82, 2.24) is 15.2 Å². The highest BCUT2D eigenvalue weighted by Gasteiger charge is 2.20. The zero-order valence-electron chi connectivity index (χ0n) is 13.3. The van der Waals surface area contributed by atoms with Crippen LogP contribution >= 0.6 is 0 Å². The minimum absolute atomic E-state index is 0.0442. The molecule has 1 aromatic heterocycles. The lowest BCUT2D eigenvalue weighted by atomic mass is 9.93. The van der Waals surface area contributed by atoms with Crippen molar-refractivity contribution in [2.45, 2.75) is 25.8 Å². The molecule has 0 atom stereocenters. The summed E-state index contributed by atoms with van der Waals surface area (Å²) in [6, 6.07) is 4.53. The molecule has 0 radical (unpaired) electrons. The molecule has 0 saturated carbocycles. The summed E-state index contributed by atoms with van der Waals surface area (Å²) >= 11 is 0. The van der Waals surface area contributed by atoms with Crippen LogP contribution in [0.2, 0.25) is 0 Å². The van der Waals surface area contributed by atoms with Gasteiger partial charge in [-0.3, -0.25) is 15.0 Å². The smallest absolute Gasteiger partial charge is 0.271 e. The third-order valence-corrected chi connectivity index (χ3v) is 4.49. The van der Waals surface area contributed by atoms with Gasteiger partial charge in [-0.2, -0.15) is 0 Å². The van der Waals surface area contributed by atoms with Gasteiger partial charge in [0.15, 0.2) is 5.58 Å². The van der Waals surface area contributed by atoms with Gasteiger partial charge in [0.05, 0.1) is 11.5 Å². The Morgan fingerprint density at radius 2 is 2.22 bits per heavy atom. The number of aromatic nitrogens is 1. The summed E-state index contributed by atoms with van der Waals surface area (Å²) < 4.78 is 5.71. The second-order valence-electron chi connectivity index (χ2n) is 6.13. The summed E-state index contributed by atoms with van der Waals surface area (Å²) in [6.45, 7) is 3.84. The topological polar surface area (TPSA) is 84.4 Å². The van der Waals surface area contributed by atoms with Crippen molar-refractivity contribution in [1.29, 1.82) is 0 Å². The average Bonchev–Trinajstić information content (AvgIpc) is 2.95. The second kappa shape index (κ2) is 7.06. The SMILES string of the molecule is CNCCC1CCN(Cc2nc3cc([N+](=O)[O-])ccc3o2)CC1. The molecule has 1 fully saturated rings. The van der Waals surface area contributed by atoms with Crippen molar-refractivity contribution >= 4 is 16.8 Å². The van der Waals surface area contributed by atoms with E-state index in [-0.39, 0.29) is 5.69 Å². The number of non-ortho nitro benzene ring substituents is 1. The first-order valence-corrected chi connectivity index (χ1v) is 8.06. The molecule has 0 bridgehead atoms. The quantitative estimate of drug-likeness (QED) is 0.651. The Bertz CT molecular complexity index is 677. The van der Waals surface area contributed by atoms with Crippen LogP contribution in [-0.4, -0.2) is 41.5 Å². The van der Waals surface area contributed by atoms with Gasteiger partial charge in [-0.05, 0) is 57.9 Å². The maximum absolute atomic E-state index is 10.8. The van der Waals surface area contributed by atoms with Gasteiger partial charge >= 0.3 is 0 Å². The van der Waals surface area contributed by atoms with Gasteiger partial charge < -0.3 is 9.73 Å². The van der Waals surface area contributed by atoms with Crippen molar-refractivity contribution in [2.75, 3.05) is 26.7 Å². The molecule has 2 aromatic rings. The molecule has 0 amide bonds. The normalized spacial score (nSPS) is 16.9. The minimum Gasteiger partial charge on any atom is -0.439 e. The molecule has 124 valence electrons. The molecule has 0 unspecified atom stereocenters. The highest BCUT2D eigenvalue weighted by atomic mass is 16.6. The van der Waals surface area contributed by atoms with Gasteiger partial charge in [0.25, 0.3) is 5.69 Å². The number of benzene rings is 1. The predicted octanol–water partition coefficient (Wildman–Crippen LogP) is 2.56. The molecule has 1 saturated heterocycles. The van der Waals surface area contributed by atoms with E-state index in [2.05, 4.69) is 15.2 Å². The molecule has 1 aromatic carbocycles. The van der Waals surface area contributed by atoms with E-state index in [0.717, 1.165) is 25.6 Å². The number of fused-ring (bicyclic) bond motifs is 1. The molecule has 1 N–H and O–H groups in total. The fraction of sp³-hybridized carbons (Fsp3) is 0.562. The van der Waals surface area contributed by atoms with Crippen molar-refractivity contribution < 1.29 is 9.34 Å². The Kier molecular flexibility index (Phi) is 4.88. The standard InChI is InChI=1S/C16H22N4O3/c1-17-7-4-12-5-8-19(9-6-12)11-16-18-14-10-13(20(21)22)2-3-15(14)23-16/h2-3,10,12,17H,4-9,11H2,1H3. The van der Waals surface area contributed by atoms with E-state index in [4.69, 9.17) is 4.42 Å². The number of rotatable bonds is 6. The zero-order valence-corrected chi connectivity index (χ0v) is 13.3. The first-order valence-electron chi connectivity index (χ1n) is 8.06. The highest BCUT2D eigenvalue weighted by Crippen LogP contribution is 2.24. The van der Waals surface area contributed by atoms with Crippen LogP contribution in [0.3, 0.4) is 0 Å². The molecule has 7 nitrogen and oxygen atoms in total. The van der Waals surface area contributed by atoms with Gasteiger partial charge in [-0.1, -0.05) is 0 Å². The first-order chi connectivity index (χ1) is 11.2. The lowest BCUT2D eigenvalue weighted by Crippen LogP contribution is -2.34. The van der Waals surface area contributed by atoms with Gasteiger partial charge in [0.1, 0.15) is 5.52 Å². The molecule has 3 rings (SSSR count). The van der Waals surface area contributed by atoms with E-state index < -0.39 is 4.92 Å². The molecular formula is C16H22N4O3. The molecule has 1 aliphatic rings. The van der Waals surface area contributed by atoms with Crippen LogP contribution in [-0.2, 0) is 6.54 Å². The maximum atomic E-state index is 10.8. The Balaban J connectivity index is 1.60. The number of oxazole rings is 1. The van der Waals surface area contributed by atoms with Crippen LogP contribution in [0, 0.1) is 16.0 Å². The minimum atomic E-state index is -0.413. The third kappa shape index (κ3) is 3.86. The summed E-state index contributed by atoms with van der Waals surface area (Å²) in [5.41, 5.74) is 1.20. The van der Waals surface area contributed by atoms with Crippen LogP contribution in [0.25, 0.3) is 11.1 Å². The van der Waals surface area contributed by atoms with Gasteiger partial charge in [-0.15, -0.1) is 0 Å². The summed E-state index contributed by atoms with van der Waals surface area (Å²) in [5.74, 6) is 1.43. The molecule has 2 heterocycles. The van der Waals surface area contributed by atoms with Crippen molar-refractivity contribution in [2.24, 2.45) is 5.92 Å². The zero-order chi connectivity index (χ0) is 16.2. The number of hydrogen-bond acceptors (Lipinski definition) is 6. The number of nitrogens with zero attached hydrogens (tertiary/aromatic N) is 3. The lowest BCUT2D eigenvalue weighted by Gasteiger charge is -2.31. The molecule has 7 heteroatoms. The average molecular weight is 318 g/mol.